The maximum atomic E-state index is 13.8. The minimum Gasteiger partial charge on any atom is -0.426 e. The summed E-state index contributed by atoms with van der Waals surface area (Å²) in [7, 11) is -3.40. The van der Waals surface area contributed by atoms with Crippen LogP contribution in [0.2, 0.25) is 0 Å². The van der Waals surface area contributed by atoms with Crippen LogP contribution in [0.4, 0.5) is 5.69 Å². The van der Waals surface area contributed by atoms with Gasteiger partial charge in [-0.1, -0.05) is 48.5 Å². The zero-order valence-electron chi connectivity index (χ0n) is 13.8. The number of nitrogens with one attached hydrogen (secondary N) is 1. The van der Waals surface area contributed by atoms with E-state index in [4.69, 9.17) is 9.79 Å². The van der Waals surface area contributed by atoms with Gasteiger partial charge in [-0.2, -0.15) is 5.26 Å². The van der Waals surface area contributed by atoms with Gasteiger partial charge in [0.1, 0.15) is 5.75 Å². The first-order chi connectivity index (χ1) is 12.7. The number of rotatable bonds is 3. The summed E-state index contributed by atoms with van der Waals surface area (Å²) in [5.41, 5.74) is 2.86. The van der Waals surface area contributed by atoms with E-state index < -0.39 is 7.52 Å². The zero-order valence-corrected chi connectivity index (χ0v) is 14.7. The molecule has 3 aromatic carbocycles. The van der Waals surface area contributed by atoms with Crippen molar-refractivity contribution in [1.82, 2.24) is 0 Å². The Bertz CT molecular complexity index is 1070. The van der Waals surface area contributed by atoms with Crippen LogP contribution in [0.15, 0.2) is 78.9 Å². The molecule has 0 radical (unpaired) electrons. The van der Waals surface area contributed by atoms with Crippen LogP contribution in [0.1, 0.15) is 16.7 Å². The minimum absolute atomic E-state index is 0.530. The van der Waals surface area contributed by atoms with Gasteiger partial charge in [0.05, 0.1) is 16.9 Å². The van der Waals surface area contributed by atoms with Gasteiger partial charge in [-0.25, -0.2) is 4.57 Å². The minimum atomic E-state index is -3.40. The smallest absolute Gasteiger partial charge is 0.372 e. The molecular formula is C21H15N2O2P. The van der Waals surface area contributed by atoms with Crippen molar-refractivity contribution >= 4 is 24.6 Å². The van der Waals surface area contributed by atoms with Crippen LogP contribution in [0.5, 0.6) is 5.75 Å². The van der Waals surface area contributed by atoms with Gasteiger partial charge < -0.3 is 9.61 Å². The van der Waals surface area contributed by atoms with Crippen molar-refractivity contribution in [2.45, 2.75) is 0 Å². The van der Waals surface area contributed by atoms with E-state index in [0.717, 1.165) is 11.1 Å². The summed E-state index contributed by atoms with van der Waals surface area (Å²) in [6.07, 6.45) is 1.84. The van der Waals surface area contributed by atoms with Gasteiger partial charge in [-0.15, -0.1) is 0 Å². The maximum absolute atomic E-state index is 13.8. The average molecular weight is 358 g/mol. The Kier molecular flexibility index (Phi) is 4.08. The number of anilines is 1. The van der Waals surface area contributed by atoms with Crippen LogP contribution in [0, 0.1) is 11.3 Å². The van der Waals surface area contributed by atoms with Crippen LogP contribution >= 0.6 is 7.52 Å². The number of para-hydroxylation sites is 1. The zero-order chi connectivity index (χ0) is 18.0. The van der Waals surface area contributed by atoms with Crippen LogP contribution in [-0.2, 0) is 4.57 Å². The Morgan fingerprint density at radius 3 is 2.31 bits per heavy atom. The number of benzene rings is 3. The van der Waals surface area contributed by atoms with Gasteiger partial charge in [-0.3, -0.25) is 0 Å². The molecule has 0 aromatic heterocycles. The molecule has 0 bridgehead atoms. The van der Waals surface area contributed by atoms with Crippen molar-refractivity contribution in [2.24, 2.45) is 0 Å². The molecule has 1 atom stereocenters. The fourth-order valence-corrected chi connectivity index (χ4v) is 4.87. The van der Waals surface area contributed by atoms with E-state index in [-0.39, 0.29) is 0 Å². The van der Waals surface area contributed by atoms with Crippen molar-refractivity contribution in [3.8, 4) is 11.8 Å². The van der Waals surface area contributed by atoms with Gasteiger partial charge in [0.25, 0.3) is 0 Å². The molecule has 4 rings (SSSR count). The predicted molar refractivity (Wildman–Crippen MR) is 104 cm³/mol. The summed E-state index contributed by atoms with van der Waals surface area (Å²) < 4.78 is 19.7. The van der Waals surface area contributed by atoms with Crippen LogP contribution in [-0.4, -0.2) is 0 Å². The standard InChI is InChI=1S/C21H15N2O2P/c22-15-16-11-12-20-18(13-16)14-21(17-7-3-1-4-8-17)26(24,23-20)25-19-9-5-2-6-10-19/h1-14H,(H,23,24)/t26-/m0/s1. The van der Waals surface area contributed by atoms with E-state index >= 15 is 0 Å². The highest BCUT2D eigenvalue weighted by molar-refractivity contribution is 7.72. The highest BCUT2D eigenvalue weighted by atomic mass is 31.2. The predicted octanol–water partition coefficient (Wildman–Crippen LogP) is 5.75. The number of nitriles is 1. The second kappa shape index (κ2) is 6.55. The highest BCUT2D eigenvalue weighted by Gasteiger charge is 2.35. The summed E-state index contributed by atoms with van der Waals surface area (Å²) in [6.45, 7) is 0. The van der Waals surface area contributed by atoms with E-state index in [0.29, 0.717) is 22.3 Å². The van der Waals surface area contributed by atoms with Gasteiger partial charge in [0.15, 0.2) is 0 Å². The molecule has 0 saturated heterocycles. The molecule has 26 heavy (non-hydrogen) atoms. The molecule has 3 aromatic rings. The lowest BCUT2D eigenvalue weighted by Gasteiger charge is -2.28. The second-order valence-corrected chi connectivity index (χ2v) is 7.87. The highest BCUT2D eigenvalue weighted by Crippen LogP contribution is 2.62. The molecule has 1 heterocycles. The Morgan fingerprint density at radius 1 is 0.923 bits per heavy atom. The van der Waals surface area contributed by atoms with Gasteiger partial charge in [0.2, 0.25) is 0 Å². The van der Waals surface area contributed by atoms with Gasteiger partial charge >= 0.3 is 7.52 Å². The molecule has 4 nitrogen and oxygen atoms in total. The van der Waals surface area contributed by atoms with Gasteiger partial charge in [0, 0.05) is 11.3 Å². The third-order valence-electron chi connectivity index (χ3n) is 4.10. The molecule has 0 saturated carbocycles. The van der Waals surface area contributed by atoms with E-state index in [2.05, 4.69) is 11.2 Å². The molecule has 0 unspecified atom stereocenters. The number of hydrogen-bond acceptors (Lipinski definition) is 3. The van der Waals surface area contributed by atoms with E-state index in [1.165, 1.54) is 0 Å². The normalized spacial score (nSPS) is 18.0. The Balaban J connectivity index is 1.86. The maximum Gasteiger partial charge on any atom is 0.372 e. The summed E-state index contributed by atoms with van der Waals surface area (Å²) in [5.74, 6) is 0.530. The van der Waals surface area contributed by atoms with Crippen molar-refractivity contribution in [3.63, 3.8) is 0 Å². The molecule has 0 amide bonds. The molecule has 1 aliphatic rings. The van der Waals surface area contributed by atoms with Crippen LogP contribution < -0.4 is 9.61 Å². The van der Waals surface area contributed by atoms with E-state index in [1.54, 1.807) is 30.3 Å². The third kappa shape index (κ3) is 3.01. The van der Waals surface area contributed by atoms with Crippen molar-refractivity contribution < 1.29 is 9.09 Å². The quantitative estimate of drug-likeness (QED) is 0.605. The van der Waals surface area contributed by atoms with E-state index in [1.807, 2.05) is 54.6 Å². The first-order valence-corrected chi connectivity index (χ1v) is 9.75. The number of fused-ring (bicyclic) bond motifs is 1. The molecule has 0 spiro atoms. The monoisotopic (exact) mass is 358 g/mol. The summed E-state index contributed by atoms with van der Waals surface area (Å²) in [6, 6.07) is 26.0. The van der Waals surface area contributed by atoms with Crippen LogP contribution in [0.25, 0.3) is 11.4 Å². The molecule has 5 heteroatoms. The first kappa shape index (κ1) is 16.2. The van der Waals surface area contributed by atoms with Gasteiger partial charge in [-0.05, 0) is 42.0 Å². The fraction of sp³-hybridized carbons (Fsp3) is 0. The topological polar surface area (TPSA) is 62.1 Å². The Morgan fingerprint density at radius 2 is 1.62 bits per heavy atom. The van der Waals surface area contributed by atoms with Crippen molar-refractivity contribution in [3.05, 3.63) is 95.6 Å². The molecular weight excluding hydrogens is 343 g/mol. The van der Waals surface area contributed by atoms with Crippen molar-refractivity contribution in [1.29, 1.82) is 5.26 Å². The summed E-state index contributed by atoms with van der Waals surface area (Å²) >= 11 is 0. The average Bonchev–Trinajstić information content (AvgIpc) is 2.68. The van der Waals surface area contributed by atoms with Crippen molar-refractivity contribution in [2.75, 3.05) is 5.09 Å². The third-order valence-corrected chi connectivity index (χ3v) is 6.13. The molecule has 1 N–H and O–H groups in total. The Labute approximate surface area is 151 Å². The lowest BCUT2D eigenvalue weighted by Crippen LogP contribution is -2.10. The first-order valence-electron chi connectivity index (χ1n) is 8.13. The lowest BCUT2D eigenvalue weighted by molar-refractivity contribution is 0.498. The van der Waals surface area contributed by atoms with E-state index in [9.17, 15) is 4.57 Å². The SMILES string of the molecule is N#Cc1ccc2c(c1)C=C(c1ccccc1)[P@](=O)(Oc1ccccc1)N2. The lowest BCUT2D eigenvalue weighted by atomic mass is 10.1. The van der Waals surface area contributed by atoms with Crippen LogP contribution in [0.3, 0.4) is 0 Å². The largest absolute Gasteiger partial charge is 0.426 e. The summed E-state index contributed by atoms with van der Waals surface area (Å²) in [4.78, 5) is 0. The molecule has 1 aliphatic heterocycles. The number of hydrogen-bond donors (Lipinski definition) is 1. The Hall–Kier alpha value is -3.28. The molecule has 0 aliphatic carbocycles. The summed E-state index contributed by atoms with van der Waals surface area (Å²) in [5, 5.41) is 12.8. The number of nitrogens with zero attached hydrogens (tertiary/aromatic N) is 1. The molecule has 126 valence electrons. The molecule has 0 fully saturated rings. The fourth-order valence-electron chi connectivity index (χ4n) is 2.87. The second-order valence-electron chi connectivity index (χ2n) is 5.88.